The summed E-state index contributed by atoms with van der Waals surface area (Å²) in [5, 5.41) is 19.7. The van der Waals surface area contributed by atoms with Crippen LogP contribution in [0.3, 0.4) is 0 Å². The fourth-order valence-electron chi connectivity index (χ4n) is 5.44. The monoisotopic (exact) mass is 639 g/mol. The minimum absolute atomic E-state index is 0.0429. The molecule has 12 heteroatoms. The number of aliphatic hydroxyl groups is 1. The Hall–Kier alpha value is -2.46. The highest BCUT2D eigenvalue weighted by molar-refractivity contribution is 7.53. The molecule has 2 rings (SSSR count). The lowest BCUT2D eigenvalue weighted by Crippen LogP contribution is -2.57. The van der Waals surface area contributed by atoms with Gasteiger partial charge in [-0.2, -0.15) is 0 Å². The van der Waals surface area contributed by atoms with E-state index in [2.05, 4.69) is 16.0 Å². The third-order valence-corrected chi connectivity index (χ3v) is 9.64. The van der Waals surface area contributed by atoms with Crippen LogP contribution in [0.4, 0.5) is 4.79 Å². The summed E-state index contributed by atoms with van der Waals surface area (Å²) in [6.45, 7) is 9.08. The van der Waals surface area contributed by atoms with Crippen LogP contribution in [0.1, 0.15) is 85.1 Å². The van der Waals surface area contributed by atoms with Gasteiger partial charge in [-0.15, -0.1) is 0 Å². The number of alkyl carbamates (subject to hydrolysis) is 1. The Labute approximate surface area is 263 Å². The van der Waals surface area contributed by atoms with Crippen molar-refractivity contribution in [2.24, 2.45) is 11.8 Å². The maximum absolute atomic E-state index is 13.8. The molecular weight excluding hydrogens is 585 g/mol. The van der Waals surface area contributed by atoms with Gasteiger partial charge in [-0.1, -0.05) is 76.3 Å². The van der Waals surface area contributed by atoms with Crippen molar-refractivity contribution in [3.05, 3.63) is 35.9 Å². The van der Waals surface area contributed by atoms with Gasteiger partial charge in [0.1, 0.15) is 17.7 Å². The molecule has 4 atom stereocenters. The van der Waals surface area contributed by atoms with E-state index in [1.807, 2.05) is 44.2 Å². The summed E-state index contributed by atoms with van der Waals surface area (Å²) in [6, 6.07) is 6.57. The van der Waals surface area contributed by atoms with Crippen molar-refractivity contribution in [1.82, 2.24) is 16.0 Å². The van der Waals surface area contributed by atoms with Crippen LogP contribution >= 0.6 is 7.60 Å². The molecule has 1 fully saturated rings. The summed E-state index contributed by atoms with van der Waals surface area (Å²) >= 11 is 0. The average Bonchev–Trinajstić information content (AvgIpc) is 2.95. The van der Waals surface area contributed by atoms with E-state index in [4.69, 9.17) is 13.8 Å². The Morgan fingerprint density at radius 1 is 0.932 bits per heavy atom. The first-order valence-electron chi connectivity index (χ1n) is 15.7. The second-order valence-electron chi connectivity index (χ2n) is 13.2. The van der Waals surface area contributed by atoms with Crippen molar-refractivity contribution in [3.8, 4) is 0 Å². The fraction of sp³-hybridized carbons (Fsp3) is 0.719. The average molecular weight is 640 g/mol. The van der Waals surface area contributed by atoms with Crippen LogP contribution in [0.5, 0.6) is 0 Å². The highest BCUT2D eigenvalue weighted by Gasteiger charge is 2.35. The molecule has 0 heterocycles. The number of amides is 3. The quantitative estimate of drug-likeness (QED) is 0.185. The molecule has 0 bridgehead atoms. The van der Waals surface area contributed by atoms with Crippen molar-refractivity contribution < 1.29 is 37.8 Å². The Bertz CT molecular complexity index is 1080. The Morgan fingerprint density at radius 2 is 1.52 bits per heavy atom. The Kier molecular flexibility index (Phi) is 15.3. The van der Waals surface area contributed by atoms with E-state index < -0.39 is 55.3 Å². The highest BCUT2D eigenvalue weighted by atomic mass is 31.2. The largest absolute Gasteiger partial charge is 0.444 e. The molecule has 1 saturated carbocycles. The zero-order valence-corrected chi connectivity index (χ0v) is 28.4. The second-order valence-corrected chi connectivity index (χ2v) is 15.5. The molecule has 44 heavy (non-hydrogen) atoms. The molecule has 1 aliphatic rings. The van der Waals surface area contributed by atoms with Gasteiger partial charge in [-0.05, 0) is 51.0 Å². The van der Waals surface area contributed by atoms with Gasteiger partial charge < -0.3 is 34.8 Å². The number of carbonyl (C=O) groups excluding carboxylic acids is 3. The first-order chi connectivity index (χ1) is 20.6. The molecule has 0 radical (unpaired) electrons. The molecule has 3 amide bonds. The van der Waals surface area contributed by atoms with Crippen LogP contribution in [0.2, 0.25) is 0 Å². The second kappa shape index (κ2) is 17.9. The smallest absolute Gasteiger partial charge is 0.408 e. The number of nitrogens with one attached hydrogen (secondary N) is 3. The topological polar surface area (TPSA) is 152 Å². The zero-order chi connectivity index (χ0) is 32.9. The molecule has 250 valence electrons. The Morgan fingerprint density at radius 3 is 2.07 bits per heavy atom. The van der Waals surface area contributed by atoms with E-state index in [9.17, 15) is 24.1 Å². The summed E-state index contributed by atoms with van der Waals surface area (Å²) in [6.07, 6.45) is 4.07. The van der Waals surface area contributed by atoms with Crippen LogP contribution in [0.25, 0.3) is 0 Å². The van der Waals surface area contributed by atoms with Crippen LogP contribution in [-0.2, 0) is 34.4 Å². The minimum atomic E-state index is -3.56. The number of benzene rings is 1. The fourth-order valence-corrected chi connectivity index (χ4v) is 6.60. The predicted octanol–water partition coefficient (Wildman–Crippen LogP) is 4.96. The highest BCUT2D eigenvalue weighted by Crippen LogP contribution is 2.47. The molecule has 11 nitrogen and oxygen atoms in total. The van der Waals surface area contributed by atoms with Gasteiger partial charge in [0.2, 0.25) is 11.8 Å². The summed E-state index contributed by atoms with van der Waals surface area (Å²) in [7, 11) is -1.03. The van der Waals surface area contributed by atoms with Gasteiger partial charge in [0.05, 0.1) is 18.3 Å². The van der Waals surface area contributed by atoms with Crippen molar-refractivity contribution in [3.63, 3.8) is 0 Å². The van der Waals surface area contributed by atoms with Crippen LogP contribution in [-0.4, -0.2) is 73.2 Å². The summed E-state index contributed by atoms with van der Waals surface area (Å²) in [5.41, 5.74) is 0.0618. The van der Waals surface area contributed by atoms with Crippen LogP contribution in [0.15, 0.2) is 30.3 Å². The van der Waals surface area contributed by atoms with Crippen molar-refractivity contribution in [2.45, 2.75) is 116 Å². The number of aliphatic hydroxyl groups excluding tert-OH is 1. The molecular formula is C32H54N3O8P. The van der Waals surface area contributed by atoms with Crippen LogP contribution < -0.4 is 16.0 Å². The summed E-state index contributed by atoms with van der Waals surface area (Å²) in [5.74, 6) is -0.665. The lowest BCUT2D eigenvalue weighted by Gasteiger charge is -2.32. The molecule has 4 N–H and O–H groups in total. The zero-order valence-electron chi connectivity index (χ0n) is 27.5. The van der Waals surface area contributed by atoms with Gasteiger partial charge in [-0.25, -0.2) is 4.79 Å². The standard InChI is InChI=1S/C32H54N3O8P/c1-22(2)18-26(34-30(38)27(20-24-16-12-9-13-17-24)35-31(39)43-32(3,4)5)29(37)33-25(19-23-14-10-8-11-15-23)28(36)21-44(40,41-6)42-7/h9,12-13,16-17,22-23,25-28,36H,8,10-11,14-15,18-21H2,1-7H3,(H,33,37)(H,34,38)(H,35,39)/t25-,26-,27-,28-/m0/s1. The molecule has 1 aromatic rings. The predicted molar refractivity (Wildman–Crippen MR) is 170 cm³/mol. The SMILES string of the molecule is COP(=O)(C[C@H](O)[C@H](CC1CCCCC1)NC(=O)[C@H](CC(C)C)NC(=O)[C@H](Cc1ccccc1)NC(=O)OC(C)(C)C)OC. The van der Waals surface area contributed by atoms with Crippen LogP contribution in [0, 0.1) is 11.8 Å². The van der Waals surface area contributed by atoms with Gasteiger partial charge in [-0.3, -0.25) is 14.2 Å². The molecule has 0 saturated heterocycles. The molecule has 0 aliphatic heterocycles. The number of hydrogen-bond acceptors (Lipinski definition) is 8. The molecule has 0 spiro atoms. The van der Waals surface area contributed by atoms with E-state index in [0.717, 1.165) is 37.7 Å². The van der Waals surface area contributed by atoms with Gasteiger partial charge in [0.25, 0.3) is 0 Å². The van der Waals surface area contributed by atoms with E-state index in [1.54, 1.807) is 20.8 Å². The maximum atomic E-state index is 13.8. The Balaban J connectivity index is 2.27. The summed E-state index contributed by atoms with van der Waals surface area (Å²) in [4.78, 5) is 40.1. The molecule has 0 unspecified atom stereocenters. The first kappa shape index (κ1) is 37.7. The van der Waals surface area contributed by atoms with E-state index in [1.165, 1.54) is 14.2 Å². The number of carbonyl (C=O) groups is 3. The number of rotatable bonds is 16. The van der Waals surface area contributed by atoms with Gasteiger partial charge >= 0.3 is 13.7 Å². The van der Waals surface area contributed by atoms with E-state index in [-0.39, 0.29) is 18.5 Å². The van der Waals surface area contributed by atoms with Crippen molar-refractivity contribution in [2.75, 3.05) is 20.4 Å². The minimum Gasteiger partial charge on any atom is -0.444 e. The third-order valence-electron chi connectivity index (χ3n) is 7.70. The first-order valence-corrected chi connectivity index (χ1v) is 17.4. The number of ether oxygens (including phenoxy) is 1. The van der Waals surface area contributed by atoms with Crippen molar-refractivity contribution >= 4 is 25.5 Å². The lowest BCUT2D eigenvalue weighted by molar-refractivity contribution is -0.131. The number of hydrogen-bond donors (Lipinski definition) is 4. The maximum Gasteiger partial charge on any atom is 0.408 e. The molecule has 1 aromatic carbocycles. The third kappa shape index (κ3) is 13.7. The van der Waals surface area contributed by atoms with E-state index in [0.29, 0.717) is 18.8 Å². The van der Waals surface area contributed by atoms with Gasteiger partial charge in [0.15, 0.2) is 0 Å². The van der Waals surface area contributed by atoms with Gasteiger partial charge in [0, 0.05) is 20.6 Å². The normalized spacial score (nSPS) is 17.3. The molecule has 0 aromatic heterocycles. The summed E-state index contributed by atoms with van der Waals surface area (Å²) < 4.78 is 28.4. The van der Waals surface area contributed by atoms with E-state index >= 15 is 0 Å². The molecule has 1 aliphatic carbocycles. The van der Waals surface area contributed by atoms with Crippen molar-refractivity contribution in [1.29, 1.82) is 0 Å². The lowest BCUT2D eigenvalue weighted by atomic mass is 9.83.